The average Bonchev–Trinajstić information content (AvgIpc) is 3.14. The van der Waals surface area contributed by atoms with E-state index in [1.807, 2.05) is 13.2 Å². The van der Waals surface area contributed by atoms with Gasteiger partial charge in [0.1, 0.15) is 0 Å². The van der Waals surface area contributed by atoms with E-state index in [0.29, 0.717) is 31.3 Å². The molecule has 2 heterocycles. The molecule has 0 aliphatic carbocycles. The van der Waals surface area contributed by atoms with Crippen LogP contribution in [0.3, 0.4) is 0 Å². The van der Waals surface area contributed by atoms with Gasteiger partial charge in [0.2, 0.25) is 5.89 Å². The van der Waals surface area contributed by atoms with Crippen molar-refractivity contribution in [2.24, 2.45) is 0 Å². The summed E-state index contributed by atoms with van der Waals surface area (Å²) in [6.07, 6.45) is 2.64. The van der Waals surface area contributed by atoms with Gasteiger partial charge < -0.3 is 14.2 Å². The molecule has 1 N–H and O–H groups in total. The van der Waals surface area contributed by atoms with Crippen LogP contribution in [-0.4, -0.2) is 40.8 Å². The highest BCUT2D eigenvalue weighted by Gasteiger charge is 2.11. The van der Waals surface area contributed by atoms with E-state index >= 15 is 0 Å². The number of nitrogens with zero attached hydrogens (tertiary/aromatic N) is 3. The Morgan fingerprint density at radius 2 is 2.18 bits per heavy atom. The van der Waals surface area contributed by atoms with Crippen molar-refractivity contribution in [2.75, 3.05) is 20.8 Å². The number of rotatable bonds is 7. The lowest BCUT2D eigenvalue weighted by molar-refractivity contribution is 0.199. The van der Waals surface area contributed by atoms with Crippen LogP contribution in [0.5, 0.6) is 0 Å². The minimum Gasteiger partial charge on any atom is -0.384 e. The molecule has 0 aliphatic rings. The second-order valence-corrected chi connectivity index (χ2v) is 5.38. The molecular weight excluding hydrogens is 280 g/mol. The summed E-state index contributed by atoms with van der Waals surface area (Å²) < 4.78 is 10.3. The Balaban J connectivity index is 1.63. The molecule has 0 unspecified atom stereocenters. The molecule has 1 aromatic carbocycles. The van der Waals surface area contributed by atoms with E-state index in [2.05, 4.69) is 44.3 Å². The van der Waals surface area contributed by atoms with E-state index in [4.69, 9.17) is 9.26 Å². The summed E-state index contributed by atoms with van der Waals surface area (Å²) in [5.41, 5.74) is 2.44. The molecule has 0 saturated heterocycles. The van der Waals surface area contributed by atoms with E-state index in [0.717, 1.165) is 12.1 Å². The number of hydrogen-bond donors (Lipinski definition) is 1. The van der Waals surface area contributed by atoms with Crippen molar-refractivity contribution < 1.29 is 9.26 Å². The van der Waals surface area contributed by atoms with Crippen LogP contribution in [0.1, 0.15) is 17.3 Å². The fraction of sp³-hybridized carbons (Fsp3) is 0.375. The third-order valence-corrected chi connectivity index (χ3v) is 3.57. The van der Waals surface area contributed by atoms with Gasteiger partial charge in [0.05, 0.1) is 13.2 Å². The summed E-state index contributed by atoms with van der Waals surface area (Å²) in [4.78, 5) is 9.77. The number of nitrogens with one attached hydrogen (secondary N) is 1. The molecule has 0 fully saturated rings. The topological polar surface area (TPSA) is 67.2 Å². The number of H-pyrrole nitrogens is 1. The predicted molar refractivity (Wildman–Crippen MR) is 83.3 cm³/mol. The Kier molecular flexibility index (Phi) is 4.50. The van der Waals surface area contributed by atoms with Crippen molar-refractivity contribution in [3.8, 4) is 0 Å². The average molecular weight is 300 g/mol. The van der Waals surface area contributed by atoms with Gasteiger partial charge in [-0.1, -0.05) is 17.3 Å². The summed E-state index contributed by atoms with van der Waals surface area (Å²) >= 11 is 0. The maximum absolute atomic E-state index is 5.28. The van der Waals surface area contributed by atoms with Crippen LogP contribution in [0.4, 0.5) is 0 Å². The van der Waals surface area contributed by atoms with E-state index < -0.39 is 0 Å². The highest BCUT2D eigenvalue weighted by Crippen LogP contribution is 2.19. The van der Waals surface area contributed by atoms with E-state index in [-0.39, 0.29) is 0 Å². The molecule has 116 valence electrons. The number of benzene rings is 1. The monoisotopic (exact) mass is 300 g/mol. The fourth-order valence-corrected chi connectivity index (χ4v) is 2.52. The van der Waals surface area contributed by atoms with Crippen LogP contribution in [0.15, 0.2) is 35.0 Å². The van der Waals surface area contributed by atoms with Crippen LogP contribution in [0.2, 0.25) is 0 Å². The summed E-state index contributed by atoms with van der Waals surface area (Å²) in [6.45, 7) is 2.05. The number of fused-ring (bicyclic) bond motifs is 1. The van der Waals surface area contributed by atoms with Gasteiger partial charge >= 0.3 is 0 Å². The highest BCUT2D eigenvalue weighted by molar-refractivity contribution is 5.82. The first-order valence-electron chi connectivity index (χ1n) is 7.30. The Bertz CT molecular complexity index is 734. The van der Waals surface area contributed by atoms with Gasteiger partial charge in [0, 0.05) is 37.2 Å². The lowest BCUT2D eigenvalue weighted by atomic mass is 10.1. The number of ether oxygens (including phenoxy) is 1. The van der Waals surface area contributed by atoms with Crippen LogP contribution >= 0.6 is 0 Å². The summed E-state index contributed by atoms with van der Waals surface area (Å²) in [6, 6.07) is 8.40. The smallest absolute Gasteiger partial charge is 0.240 e. The zero-order valence-electron chi connectivity index (χ0n) is 12.9. The maximum Gasteiger partial charge on any atom is 0.240 e. The molecule has 2 aromatic heterocycles. The minimum absolute atomic E-state index is 0.601. The van der Waals surface area contributed by atoms with Gasteiger partial charge in [-0.15, -0.1) is 0 Å². The predicted octanol–water partition coefficient (Wildman–Crippen LogP) is 2.37. The number of hydrogen-bond acceptors (Lipinski definition) is 5. The van der Waals surface area contributed by atoms with Crippen molar-refractivity contribution in [1.82, 2.24) is 20.0 Å². The zero-order valence-corrected chi connectivity index (χ0v) is 12.9. The normalized spacial score (nSPS) is 11.6. The molecule has 6 heteroatoms. The fourth-order valence-electron chi connectivity index (χ4n) is 2.52. The maximum atomic E-state index is 5.28. The van der Waals surface area contributed by atoms with Gasteiger partial charge in [-0.25, -0.2) is 0 Å². The molecule has 22 heavy (non-hydrogen) atoms. The Morgan fingerprint density at radius 3 is 3.05 bits per heavy atom. The Labute approximate surface area is 129 Å². The Morgan fingerprint density at radius 1 is 1.27 bits per heavy atom. The highest BCUT2D eigenvalue weighted by atomic mass is 16.5. The van der Waals surface area contributed by atoms with Crippen molar-refractivity contribution in [1.29, 1.82) is 0 Å². The molecule has 0 saturated carbocycles. The van der Waals surface area contributed by atoms with E-state index in [1.54, 1.807) is 7.11 Å². The standard InChI is InChI=1S/C16H20N4O2/c1-20(11-16-18-15(19-22-16)7-9-21-2)10-12-4-3-5-14-13(12)6-8-17-14/h3-6,8,17H,7,9-11H2,1-2H3. The second kappa shape index (κ2) is 6.72. The molecule has 0 atom stereocenters. The van der Waals surface area contributed by atoms with Crippen LogP contribution in [0, 0.1) is 0 Å². The SMILES string of the molecule is COCCc1noc(CN(C)Cc2cccc3[nH]ccc23)n1. The molecule has 0 spiro atoms. The molecule has 0 aliphatic heterocycles. The van der Waals surface area contributed by atoms with Crippen molar-refractivity contribution in [2.45, 2.75) is 19.5 Å². The van der Waals surface area contributed by atoms with Gasteiger partial charge in [-0.2, -0.15) is 4.98 Å². The van der Waals surface area contributed by atoms with Gasteiger partial charge in [0.25, 0.3) is 0 Å². The first kappa shape index (κ1) is 14.7. The third-order valence-electron chi connectivity index (χ3n) is 3.57. The first-order chi connectivity index (χ1) is 10.8. The van der Waals surface area contributed by atoms with E-state index in [1.165, 1.54) is 10.9 Å². The van der Waals surface area contributed by atoms with Crippen molar-refractivity contribution in [3.05, 3.63) is 47.7 Å². The third kappa shape index (κ3) is 3.35. The lowest BCUT2D eigenvalue weighted by Gasteiger charge is -2.14. The molecule has 0 bridgehead atoms. The molecule has 0 amide bonds. The number of methoxy groups -OCH3 is 1. The summed E-state index contributed by atoms with van der Waals surface area (Å²) in [7, 11) is 3.71. The van der Waals surface area contributed by atoms with Crippen LogP contribution in [0.25, 0.3) is 10.9 Å². The molecule has 3 aromatic rings. The molecular formula is C16H20N4O2. The van der Waals surface area contributed by atoms with Crippen molar-refractivity contribution >= 4 is 10.9 Å². The van der Waals surface area contributed by atoms with Gasteiger partial charge in [-0.3, -0.25) is 4.90 Å². The lowest BCUT2D eigenvalue weighted by Crippen LogP contribution is -2.17. The van der Waals surface area contributed by atoms with Gasteiger partial charge in [-0.05, 0) is 24.7 Å². The summed E-state index contributed by atoms with van der Waals surface area (Å²) in [5, 5.41) is 5.21. The molecule has 3 rings (SSSR count). The Hall–Kier alpha value is -2.18. The first-order valence-corrected chi connectivity index (χ1v) is 7.30. The van der Waals surface area contributed by atoms with E-state index in [9.17, 15) is 0 Å². The summed E-state index contributed by atoms with van der Waals surface area (Å²) in [5.74, 6) is 1.33. The van der Waals surface area contributed by atoms with Gasteiger partial charge in [0.15, 0.2) is 5.82 Å². The van der Waals surface area contributed by atoms with Crippen molar-refractivity contribution in [3.63, 3.8) is 0 Å². The zero-order chi connectivity index (χ0) is 15.4. The number of aromatic amines is 1. The van der Waals surface area contributed by atoms with Crippen LogP contribution < -0.4 is 0 Å². The molecule has 0 radical (unpaired) electrons. The largest absolute Gasteiger partial charge is 0.384 e. The quantitative estimate of drug-likeness (QED) is 0.725. The number of aromatic nitrogens is 3. The second-order valence-electron chi connectivity index (χ2n) is 5.38. The molecule has 6 nitrogen and oxygen atoms in total. The minimum atomic E-state index is 0.601. The van der Waals surface area contributed by atoms with Crippen LogP contribution in [-0.2, 0) is 24.2 Å².